The minimum Gasteiger partial charge on any atom is -0.481 e. The Hall–Kier alpha value is -0.530. The van der Waals surface area contributed by atoms with Crippen LogP contribution in [0.15, 0.2) is 0 Å². The van der Waals surface area contributed by atoms with Gasteiger partial charge in [-0.2, -0.15) is 0 Å². The molecule has 0 heterocycles. The third-order valence-electron chi connectivity index (χ3n) is 4.34. The summed E-state index contributed by atoms with van der Waals surface area (Å²) in [4.78, 5) is 11.3. The Balaban J connectivity index is 2.81. The first-order valence-electron chi connectivity index (χ1n) is 6.11. The van der Waals surface area contributed by atoms with Gasteiger partial charge in [0, 0.05) is 0 Å². The van der Waals surface area contributed by atoms with Crippen LogP contribution in [0.2, 0.25) is 0 Å². The molecule has 0 amide bonds. The van der Waals surface area contributed by atoms with Gasteiger partial charge in [-0.25, -0.2) is 0 Å². The molecule has 0 bridgehead atoms. The van der Waals surface area contributed by atoms with E-state index in [0.717, 1.165) is 19.3 Å². The van der Waals surface area contributed by atoms with Crippen molar-refractivity contribution < 1.29 is 9.90 Å². The van der Waals surface area contributed by atoms with E-state index in [1.165, 1.54) is 6.42 Å². The highest BCUT2D eigenvalue weighted by molar-refractivity contribution is 5.70. The van der Waals surface area contributed by atoms with E-state index in [1.807, 2.05) is 0 Å². The third kappa shape index (κ3) is 2.73. The molecule has 1 N–H and O–H groups in total. The molecule has 1 rings (SSSR count). The zero-order valence-electron chi connectivity index (χ0n) is 10.4. The zero-order chi connectivity index (χ0) is 11.6. The number of carboxylic acid groups (broad SMARTS) is 1. The minimum atomic E-state index is -0.590. The average Bonchev–Trinajstić information content (AvgIpc) is 2.17. The second-order valence-electron chi connectivity index (χ2n) is 5.81. The smallest absolute Gasteiger partial charge is 0.306 e. The molecule has 0 radical (unpaired) electrons. The molecular weight excluding hydrogens is 188 g/mol. The van der Waals surface area contributed by atoms with Gasteiger partial charge in [0.1, 0.15) is 0 Å². The van der Waals surface area contributed by atoms with Crippen LogP contribution in [-0.2, 0) is 4.79 Å². The van der Waals surface area contributed by atoms with E-state index < -0.39 is 5.97 Å². The van der Waals surface area contributed by atoms with Crippen LogP contribution in [0.3, 0.4) is 0 Å². The van der Waals surface area contributed by atoms with Gasteiger partial charge in [-0.3, -0.25) is 4.79 Å². The van der Waals surface area contributed by atoms with Crippen LogP contribution in [0.1, 0.15) is 53.4 Å². The fraction of sp³-hybridized carbons (Fsp3) is 0.923. The fourth-order valence-corrected chi connectivity index (χ4v) is 2.85. The van der Waals surface area contributed by atoms with Crippen molar-refractivity contribution in [2.45, 2.75) is 53.4 Å². The van der Waals surface area contributed by atoms with Crippen LogP contribution >= 0.6 is 0 Å². The molecule has 0 saturated heterocycles. The lowest BCUT2D eigenvalue weighted by atomic mass is 9.62. The highest BCUT2D eigenvalue weighted by Crippen LogP contribution is 2.45. The topological polar surface area (TPSA) is 37.3 Å². The molecule has 1 saturated carbocycles. The SMILES string of the molecule is CCC(C)(C)C1CCC(C)CC1C(=O)O. The van der Waals surface area contributed by atoms with E-state index in [1.54, 1.807) is 0 Å². The number of carbonyl (C=O) groups is 1. The van der Waals surface area contributed by atoms with E-state index in [4.69, 9.17) is 0 Å². The molecule has 0 aromatic carbocycles. The second-order valence-corrected chi connectivity index (χ2v) is 5.81. The summed E-state index contributed by atoms with van der Waals surface area (Å²) in [6.45, 7) is 8.76. The van der Waals surface area contributed by atoms with Crippen molar-refractivity contribution >= 4 is 5.97 Å². The summed E-state index contributed by atoms with van der Waals surface area (Å²) in [5.74, 6) is 0.225. The molecule has 0 spiro atoms. The summed E-state index contributed by atoms with van der Waals surface area (Å²) < 4.78 is 0. The molecule has 2 nitrogen and oxygen atoms in total. The molecule has 2 heteroatoms. The van der Waals surface area contributed by atoms with Gasteiger partial charge in [0.25, 0.3) is 0 Å². The number of carboxylic acids is 1. The van der Waals surface area contributed by atoms with Crippen LogP contribution in [0.5, 0.6) is 0 Å². The fourth-order valence-electron chi connectivity index (χ4n) is 2.85. The molecule has 0 aromatic heterocycles. The van der Waals surface area contributed by atoms with E-state index in [0.29, 0.717) is 11.8 Å². The van der Waals surface area contributed by atoms with Crippen molar-refractivity contribution in [1.29, 1.82) is 0 Å². The van der Waals surface area contributed by atoms with Crippen molar-refractivity contribution in [1.82, 2.24) is 0 Å². The van der Waals surface area contributed by atoms with Crippen LogP contribution in [0.4, 0.5) is 0 Å². The lowest BCUT2D eigenvalue weighted by Crippen LogP contribution is -2.38. The highest BCUT2D eigenvalue weighted by Gasteiger charge is 2.41. The number of hydrogen-bond acceptors (Lipinski definition) is 1. The van der Waals surface area contributed by atoms with Gasteiger partial charge in [-0.05, 0) is 30.1 Å². The van der Waals surface area contributed by atoms with Crippen LogP contribution < -0.4 is 0 Å². The Kier molecular flexibility index (Phi) is 3.80. The van der Waals surface area contributed by atoms with Crippen LogP contribution in [0, 0.1) is 23.2 Å². The quantitative estimate of drug-likeness (QED) is 0.776. The Morgan fingerprint density at radius 1 is 1.40 bits per heavy atom. The van der Waals surface area contributed by atoms with E-state index >= 15 is 0 Å². The summed E-state index contributed by atoms with van der Waals surface area (Å²) in [5.41, 5.74) is 0.170. The Morgan fingerprint density at radius 2 is 2.00 bits per heavy atom. The van der Waals surface area contributed by atoms with E-state index in [-0.39, 0.29) is 11.3 Å². The predicted octanol–water partition coefficient (Wildman–Crippen LogP) is 3.56. The van der Waals surface area contributed by atoms with Gasteiger partial charge < -0.3 is 5.11 Å². The van der Waals surface area contributed by atoms with Crippen LogP contribution in [-0.4, -0.2) is 11.1 Å². The summed E-state index contributed by atoms with van der Waals surface area (Å²) in [5, 5.41) is 9.29. The Labute approximate surface area is 93.1 Å². The summed E-state index contributed by atoms with van der Waals surface area (Å²) in [6, 6.07) is 0. The summed E-state index contributed by atoms with van der Waals surface area (Å²) >= 11 is 0. The molecule has 1 aliphatic carbocycles. The lowest BCUT2D eigenvalue weighted by Gasteiger charge is -2.42. The third-order valence-corrected chi connectivity index (χ3v) is 4.34. The zero-order valence-corrected chi connectivity index (χ0v) is 10.4. The van der Waals surface area contributed by atoms with Crippen molar-refractivity contribution in [3.05, 3.63) is 0 Å². The van der Waals surface area contributed by atoms with Crippen molar-refractivity contribution in [3.63, 3.8) is 0 Å². The van der Waals surface area contributed by atoms with Crippen molar-refractivity contribution in [3.8, 4) is 0 Å². The molecule has 15 heavy (non-hydrogen) atoms. The number of hydrogen-bond donors (Lipinski definition) is 1. The number of aliphatic carboxylic acids is 1. The largest absolute Gasteiger partial charge is 0.481 e. The molecule has 0 aliphatic heterocycles. The summed E-state index contributed by atoms with van der Waals surface area (Å²) in [7, 11) is 0. The van der Waals surface area contributed by atoms with Gasteiger partial charge in [0.2, 0.25) is 0 Å². The first-order chi connectivity index (χ1) is 6.88. The molecule has 1 fully saturated rings. The van der Waals surface area contributed by atoms with E-state index in [2.05, 4.69) is 27.7 Å². The van der Waals surface area contributed by atoms with Gasteiger partial charge in [-0.15, -0.1) is 0 Å². The minimum absolute atomic E-state index is 0.122. The monoisotopic (exact) mass is 212 g/mol. The number of rotatable bonds is 3. The maximum Gasteiger partial charge on any atom is 0.306 e. The predicted molar refractivity (Wildman–Crippen MR) is 61.7 cm³/mol. The van der Waals surface area contributed by atoms with E-state index in [9.17, 15) is 9.90 Å². The lowest BCUT2D eigenvalue weighted by molar-refractivity contribution is -0.148. The first-order valence-corrected chi connectivity index (χ1v) is 6.11. The van der Waals surface area contributed by atoms with Crippen LogP contribution in [0.25, 0.3) is 0 Å². The van der Waals surface area contributed by atoms with Gasteiger partial charge in [0.15, 0.2) is 0 Å². The highest BCUT2D eigenvalue weighted by atomic mass is 16.4. The normalized spacial score (nSPS) is 32.7. The van der Waals surface area contributed by atoms with Crippen molar-refractivity contribution in [2.24, 2.45) is 23.2 Å². The summed E-state index contributed by atoms with van der Waals surface area (Å²) in [6.07, 6.45) is 4.20. The molecule has 3 unspecified atom stereocenters. The maximum atomic E-state index is 11.3. The molecule has 1 aliphatic rings. The second kappa shape index (κ2) is 4.54. The molecule has 3 atom stereocenters. The van der Waals surface area contributed by atoms with Gasteiger partial charge in [-0.1, -0.05) is 40.5 Å². The molecular formula is C13H24O2. The maximum absolute atomic E-state index is 11.3. The van der Waals surface area contributed by atoms with Gasteiger partial charge >= 0.3 is 5.97 Å². The first kappa shape index (κ1) is 12.5. The van der Waals surface area contributed by atoms with Gasteiger partial charge in [0.05, 0.1) is 5.92 Å². The standard InChI is InChI=1S/C13H24O2/c1-5-13(3,4)11-7-6-9(2)8-10(11)12(14)15/h9-11H,5-8H2,1-4H3,(H,14,15). The Morgan fingerprint density at radius 3 is 2.47 bits per heavy atom. The Bertz CT molecular complexity index is 233. The molecule has 0 aromatic rings. The average molecular weight is 212 g/mol. The van der Waals surface area contributed by atoms with Crippen molar-refractivity contribution in [2.75, 3.05) is 0 Å². The molecule has 88 valence electrons.